The quantitative estimate of drug-likeness (QED) is 0.775. The van der Waals surface area contributed by atoms with Gasteiger partial charge in [0.1, 0.15) is 0 Å². The fourth-order valence-electron chi connectivity index (χ4n) is 2.21. The van der Waals surface area contributed by atoms with Gasteiger partial charge < -0.3 is 10.2 Å². The van der Waals surface area contributed by atoms with Crippen molar-refractivity contribution in [3.63, 3.8) is 0 Å². The smallest absolute Gasteiger partial charge is 0.242 e. The van der Waals surface area contributed by atoms with Crippen molar-refractivity contribution >= 4 is 15.7 Å². The molecule has 0 radical (unpaired) electrons. The van der Waals surface area contributed by atoms with Crippen molar-refractivity contribution in [2.75, 3.05) is 25.1 Å². The van der Waals surface area contributed by atoms with E-state index in [0.29, 0.717) is 13.0 Å². The van der Waals surface area contributed by atoms with Gasteiger partial charge in [-0.25, -0.2) is 8.42 Å². The van der Waals surface area contributed by atoms with Crippen LogP contribution in [0, 0.1) is 0 Å². The fourth-order valence-corrected chi connectivity index (χ4v) is 3.98. The normalized spacial score (nSPS) is 23.6. The van der Waals surface area contributed by atoms with E-state index in [1.54, 1.807) is 11.9 Å². The minimum atomic E-state index is -2.95. The van der Waals surface area contributed by atoms with Gasteiger partial charge in [-0.15, -0.1) is 0 Å². The molecular weight excluding hydrogens is 240 g/mol. The molecule has 1 fully saturated rings. The summed E-state index contributed by atoms with van der Waals surface area (Å²) in [5.74, 6) is 0.232. The molecular formula is C11H22N2O3S. The zero-order valence-corrected chi connectivity index (χ0v) is 11.8. The van der Waals surface area contributed by atoms with Crippen LogP contribution in [0.3, 0.4) is 0 Å². The van der Waals surface area contributed by atoms with Gasteiger partial charge in [-0.2, -0.15) is 0 Å². The van der Waals surface area contributed by atoms with Gasteiger partial charge in [0.15, 0.2) is 9.84 Å². The molecule has 0 bridgehead atoms. The Balaban J connectivity index is 2.71. The van der Waals surface area contributed by atoms with Gasteiger partial charge in [-0.05, 0) is 26.8 Å². The number of hydrogen-bond donors (Lipinski definition) is 1. The van der Waals surface area contributed by atoms with Crippen molar-refractivity contribution in [3.8, 4) is 0 Å². The average molecular weight is 262 g/mol. The minimum Gasteiger partial charge on any atom is -0.340 e. The van der Waals surface area contributed by atoms with Crippen LogP contribution in [0.15, 0.2) is 0 Å². The lowest BCUT2D eigenvalue weighted by Gasteiger charge is -2.33. The lowest BCUT2D eigenvalue weighted by Crippen LogP contribution is -2.55. The van der Waals surface area contributed by atoms with Crippen molar-refractivity contribution < 1.29 is 13.2 Å². The summed E-state index contributed by atoms with van der Waals surface area (Å²) in [5.41, 5.74) is -0.643. The topological polar surface area (TPSA) is 66.5 Å². The second-order valence-electron chi connectivity index (χ2n) is 5.13. The number of likely N-dealkylation sites (N-methyl/N-ethyl adjacent to an activating group) is 2. The molecule has 0 aromatic heterocycles. The molecule has 1 unspecified atom stereocenters. The minimum absolute atomic E-state index is 0.0542. The van der Waals surface area contributed by atoms with Crippen LogP contribution in [0.25, 0.3) is 0 Å². The number of nitrogens with zero attached hydrogens (tertiary/aromatic N) is 1. The first-order valence-electron chi connectivity index (χ1n) is 5.92. The highest BCUT2D eigenvalue weighted by atomic mass is 32.2. The van der Waals surface area contributed by atoms with Crippen LogP contribution in [-0.4, -0.2) is 55.9 Å². The van der Waals surface area contributed by atoms with Gasteiger partial charge >= 0.3 is 0 Å². The summed E-state index contributed by atoms with van der Waals surface area (Å²) in [6.45, 7) is 6.28. The second-order valence-corrected chi connectivity index (χ2v) is 7.36. The maximum absolute atomic E-state index is 12.2. The Bertz CT molecular complexity index is 390. The van der Waals surface area contributed by atoms with E-state index in [9.17, 15) is 13.2 Å². The van der Waals surface area contributed by atoms with Crippen LogP contribution in [0.5, 0.6) is 0 Å². The third kappa shape index (κ3) is 3.42. The summed E-state index contributed by atoms with van der Waals surface area (Å²) < 4.78 is 22.8. The summed E-state index contributed by atoms with van der Waals surface area (Å²) in [6, 6.07) is -0.176. The molecule has 6 heteroatoms. The molecule has 0 spiro atoms. The number of rotatable bonds is 4. The molecule has 1 atom stereocenters. The van der Waals surface area contributed by atoms with Crippen molar-refractivity contribution in [1.29, 1.82) is 0 Å². The first kappa shape index (κ1) is 14.4. The van der Waals surface area contributed by atoms with E-state index in [4.69, 9.17) is 0 Å². The van der Waals surface area contributed by atoms with Gasteiger partial charge in [-0.1, -0.05) is 6.92 Å². The van der Waals surface area contributed by atoms with E-state index >= 15 is 0 Å². The molecule has 100 valence electrons. The van der Waals surface area contributed by atoms with E-state index in [0.717, 1.165) is 0 Å². The van der Waals surface area contributed by atoms with Gasteiger partial charge in [0.05, 0.1) is 17.0 Å². The van der Waals surface area contributed by atoms with Crippen LogP contribution in [0.1, 0.15) is 27.2 Å². The summed E-state index contributed by atoms with van der Waals surface area (Å²) >= 11 is 0. The number of amides is 1. The van der Waals surface area contributed by atoms with E-state index < -0.39 is 15.4 Å². The Labute approximate surface area is 103 Å². The number of sulfone groups is 1. The predicted molar refractivity (Wildman–Crippen MR) is 67.6 cm³/mol. The molecule has 1 N–H and O–H groups in total. The van der Waals surface area contributed by atoms with Gasteiger partial charge in [-0.3, -0.25) is 4.79 Å². The van der Waals surface area contributed by atoms with Crippen LogP contribution >= 0.6 is 0 Å². The standard InChI is InChI=1S/C11H22N2O3S/c1-5-12-11(2,3)10(14)13(4)9-6-7-17(15,16)8-9/h9,12H,5-8H2,1-4H3. The lowest BCUT2D eigenvalue weighted by atomic mass is 10.0. The van der Waals surface area contributed by atoms with Crippen molar-refractivity contribution in [2.24, 2.45) is 0 Å². The van der Waals surface area contributed by atoms with Crippen LogP contribution in [0.2, 0.25) is 0 Å². The van der Waals surface area contributed by atoms with Crippen molar-refractivity contribution in [1.82, 2.24) is 10.2 Å². The maximum Gasteiger partial charge on any atom is 0.242 e. The third-order valence-corrected chi connectivity index (χ3v) is 4.98. The van der Waals surface area contributed by atoms with Crippen molar-refractivity contribution in [2.45, 2.75) is 38.8 Å². The molecule has 0 aromatic rings. The van der Waals surface area contributed by atoms with Gasteiger partial charge in [0.25, 0.3) is 0 Å². The van der Waals surface area contributed by atoms with Gasteiger partial charge in [0, 0.05) is 13.1 Å². The number of hydrogen-bond acceptors (Lipinski definition) is 4. The Morgan fingerprint density at radius 1 is 1.47 bits per heavy atom. The SMILES string of the molecule is CCNC(C)(C)C(=O)N(C)C1CCS(=O)(=O)C1. The highest BCUT2D eigenvalue weighted by Crippen LogP contribution is 2.19. The molecule has 0 aliphatic carbocycles. The van der Waals surface area contributed by atoms with E-state index in [-0.39, 0.29) is 23.5 Å². The molecule has 1 aliphatic rings. The Kier molecular flexibility index (Phi) is 4.19. The highest BCUT2D eigenvalue weighted by molar-refractivity contribution is 7.91. The molecule has 1 amide bonds. The van der Waals surface area contributed by atoms with Crippen LogP contribution in [0.4, 0.5) is 0 Å². The highest BCUT2D eigenvalue weighted by Gasteiger charge is 2.37. The third-order valence-electron chi connectivity index (χ3n) is 3.23. The van der Waals surface area contributed by atoms with Crippen molar-refractivity contribution in [3.05, 3.63) is 0 Å². The molecule has 5 nitrogen and oxygen atoms in total. The maximum atomic E-state index is 12.2. The largest absolute Gasteiger partial charge is 0.340 e. The molecule has 1 rings (SSSR count). The monoisotopic (exact) mass is 262 g/mol. The zero-order chi connectivity index (χ0) is 13.3. The summed E-state index contributed by atoms with van der Waals surface area (Å²) in [4.78, 5) is 13.8. The Hall–Kier alpha value is -0.620. The summed E-state index contributed by atoms with van der Waals surface area (Å²) in [5, 5.41) is 3.11. The number of carbonyl (C=O) groups excluding carboxylic acids is 1. The molecule has 0 aromatic carbocycles. The van der Waals surface area contributed by atoms with Gasteiger partial charge in [0.2, 0.25) is 5.91 Å². The molecule has 1 heterocycles. The molecule has 17 heavy (non-hydrogen) atoms. The average Bonchev–Trinajstić information content (AvgIpc) is 2.56. The van der Waals surface area contributed by atoms with E-state index in [1.807, 2.05) is 20.8 Å². The number of nitrogens with one attached hydrogen (secondary N) is 1. The molecule has 0 saturated carbocycles. The zero-order valence-electron chi connectivity index (χ0n) is 11.0. The summed E-state index contributed by atoms with van der Waals surface area (Å²) in [7, 11) is -1.26. The first-order chi connectivity index (χ1) is 7.69. The first-order valence-corrected chi connectivity index (χ1v) is 7.74. The fraction of sp³-hybridized carbons (Fsp3) is 0.909. The molecule has 1 aliphatic heterocycles. The Morgan fingerprint density at radius 3 is 2.47 bits per heavy atom. The predicted octanol–water partition coefficient (Wildman–Crippen LogP) is 0.0200. The Morgan fingerprint density at radius 2 is 2.06 bits per heavy atom. The van der Waals surface area contributed by atoms with Crippen LogP contribution in [-0.2, 0) is 14.6 Å². The van der Waals surface area contributed by atoms with E-state index in [1.165, 1.54) is 0 Å². The van der Waals surface area contributed by atoms with Crippen LogP contribution < -0.4 is 5.32 Å². The number of carbonyl (C=O) groups is 1. The van der Waals surface area contributed by atoms with E-state index in [2.05, 4.69) is 5.32 Å². The molecule has 1 saturated heterocycles. The second kappa shape index (κ2) is 4.94. The lowest BCUT2D eigenvalue weighted by molar-refractivity contribution is -0.137. The summed E-state index contributed by atoms with van der Waals surface area (Å²) in [6.07, 6.45) is 0.548.